The molecule has 2 rings (SSSR count). The highest BCUT2D eigenvalue weighted by molar-refractivity contribution is 7.88. The van der Waals surface area contributed by atoms with E-state index in [0.29, 0.717) is 19.6 Å². The average molecular weight is 305 g/mol. The van der Waals surface area contributed by atoms with Gasteiger partial charge in [0.1, 0.15) is 0 Å². The molecule has 20 heavy (non-hydrogen) atoms. The van der Waals surface area contributed by atoms with E-state index in [4.69, 9.17) is 10.5 Å². The molecule has 0 spiro atoms. The van der Waals surface area contributed by atoms with E-state index in [9.17, 15) is 8.42 Å². The monoisotopic (exact) mass is 305 g/mol. The summed E-state index contributed by atoms with van der Waals surface area (Å²) in [5.41, 5.74) is 6.04. The van der Waals surface area contributed by atoms with Crippen LogP contribution in [0, 0.1) is 0 Å². The molecule has 0 aromatic rings. The third-order valence-electron chi connectivity index (χ3n) is 4.56. The van der Waals surface area contributed by atoms with Crippen LogP contribution in [0.1, 0.15) is 26.7 Å². The lowest BCUT2D eigenvalue weighted by molar-refractivity contribution is -0.108. The SMILES string of the molecule is CC1CC(CN)(N2CCN(S(C)(=O)=O)CC2)CC(C)O1. The van der Waals surface area contributed by atoms with Crippen LogP contribution in [0.25, 0.3) is 0 Å². The van der Waals surface area contributed by atoms with Crippen molar-refractivity contribution in [3.63, 3.8) is 0 Å². The number of hydrogen-bond acceptors (Lipinski definition) is 5. The standard InChI is InChI=1S/C13H27N3O3S/c1-11-8-13(10-14,9-12(2)19-11)15-4-6-16(7-5-15)20(3,17)18/h11-12H,4-10,14H2,1-3H3. The second-order valence-electron chi connectivity index (χ2n) is 6.24. The fourth-order valence-corrected chi connectivity index (χ4v) is 4.52. The van der Waals surface area contributed by atoms with Crippen LogP contribution in [0.4, 0.5) is 0 Å². The number of sulfonamides is 1. The summed E-state index contributed by atoms with van der Waals surface area (Å²) >= 11 is 0. The van der Waals surface area contributed by atoms with E-state index < -0.39 is 10.0 Å². The zero-order valence-corrected chi connectivity index (χ0v) is 13.5. The number of hydrogen-bond donors (Lipinski definition) is 1. The number of piperazine rings is 1. The molecule has 2 aliphatic heterocycles. The van der Waals surface area contributed by atoms with Crippen molar-refractivity contribution in [1.82, 2.24) is 9.21 Å². The van der Waals surface area contributed by atoms with Crippen molar-refractivity contribution in [2.75, 3.05) is 39.0 Å². The first kappa shape index (κ1) is 16.2. The molecule has 2 saturated heterocycles. The van der Waals surface area contributed by atoms with E-state index in [1.165, 1.54) is 6.26 Å². The Hall–Kier alpha value is -0.210. The third kappa shape index (κ3) is 3.33. The Kier molecular flexibility index (Phi) is 4.76. The summed E-state index contributed by atoms with van der Waals surface area (Å²) in [6.07, 6.45) is 3.53. The van der Waals surface area contributed by atoms with Gasteiger partial charge in [0.15, 0.2) is 0 Å². The predicted molar refractivity (Wildman–Crippen MR) is 79.0 cm³/mol. The van der Waals surface area contributed by atoms with Crippen LogP contribution in [-0.4, -0.2) is 74.3 Å². The molecule has 0 aromatic heterocycles. The van der Waals surface area contributed by atoms with Crippen LogP contribution in [0.15, 0.2) is 0 Å². The van der Waals surface area contributed by atoms with Gasteiger partial charge in [-0.15, -0.1) is 0 Å². The second kappa shape index (κ2) is 5.88. The molecule has 2 atom stereocenters. The van der Waals surface area contributed by atoms with Gasteiger partial charge in [0, 0.05) is 38.3 Å². The number of rotatable bonds is 3. The van der Waals surface area contributed by atoms with Crippen molar-refractivity contribution in [3.05, 3.63) is 0 Å². The quantitative estimate of drug-likeness (QED) is 0.785. The lowest BCUT2D eigenvalue weighted by atomic mass is 9.82. The molecule has 2 N–H and O–H groups in total. The van der Waals surface area contributed by atoms with Crippen molar-refractivity contribution in [1.29, 1.82) is 0 Å². The fraction of sp³-hybridized carbons (Fsp3) is 1.00. The van der Waals surface area contributed by atoms with Gasteiger partial charge >= 0.3 is 0 Å². The van der Waals surface area contributed by atoms with Gasteiger partial charge in [0.05, 0.1) is 18.5 Å². The van der Waals surface area contributed by atoms with Crippen LogP contribution in [-0.2, 0) is 14.8 Å². The van der Waals surface area contributed by atoms with Crippen LogP contribution >= 0.6 is 0 Å². The molecule has 0 saturated carbocycles. The van der Waals surface area contributed by atoms with Crippen molar-refractivity contribution in [2.24, 2.45) is 5.73 Å². The van der Waals surface area contributed by atoms with Gasteiger partial charge in [-0.1, -0.05) is 0 Å². The maximum absolute atomic E-state index is 11.6. The molecule has 2 fully saturated rings. The summed E-state index contributed by atoms with van der Waals surface area (Å²) in [5, 5.41) is 0. The Morgan fingerprint density at radius 3 is 2.05 bits per heavy atom. The smallest absolute Gasteiger partial charge is 0.211 e. The van der Waals surface area contributed by atoms with E-state index in [-0.39, 0.29) is 17.7 Å². The molecule has 0 aliphatic carbocycles. The molecule has 6 nitrogen and oxygen atoms in total. The summed E-state index contributed by atoms with van der Waals surface area (Å²) in [6.45, 7) is 7.41. The largest absolute Gasteiger partial charge is 0.375 e. The molecule has 0 bridgehead atoms. The fourth-order valence-electron chi connectivity index (χ4n) is 3.69. The Labute approximate surface area is 122 Å². The Morgan fingerprint density at radius 2 is 1.65 bits per heavy atom. The summed E-state index contributed by atoms with van der Waals surface area (Å²) in [4.78, 5) is 2.38. The average Bonchev–Trinajstić information content (AvgIpc) is 2.36. The molecular formula is C13H27N3O3S. The normalized spacial score (nSPS) is 38.0. The molecule has 2 unspecified atom stereocenters. The first-order chi connectivity index (χ1) is 9.27. The molecule has 0 amide bonds. The Balaban J connectivity index is 2.07. The molecule has 118 valence electrons. The third-order valence-corrected chi connectivity index (χ3v) is 5.86. The molecule has 7 heteroatoms. The number of nitrogens with two attached hydrogens (primary N) is 1. The molecule has 0 aromatic carbocycles. The predicted octanol–water partition coefficient (Wildman–Crippen LogP) is -0.151. The topological polar surface area (TPSA) is 75.9 Å². The lowest BCUT2D eigenvalue weighted by Gasteiger charge is -2.51. The van der Waals surface area contributed by atoms with Crippen LogP contribution < -0.4 is 5.73 Å². The summed E-state index contributed by atoms with van der Waals surface area (Å²) in [6, 6.07) is 0. The maximum atomic E-state index is 11.6. The molecule has 2 aliphatic rings. The highest BCUT2D eigenvalue weighted by Crippen LogP contribution is 2.34. The zero-order chi connectivity index (χ0) is 15.0. The Bertz CT molecular complexity index is 422. The van der Waals surface area contributed by atoms with Crippen LogP contribution in [0.3, 0.4) is 0 Å². The van der Waals surface area contributed by atoms with Gasteiger partial charge in [-0.2, -0.15) is 4.31 Å². The highest BCUT2D eigenvalue weighted by Gasteiger charge is 2.43. The van der Waals surface area contributed by atoms with E-state index in [1.54, 1.807) is 4.31 Å². The number of ether oxygens (including phenoxy) is 1. The van der Waals surface area contributed by atoms with E-state index >= 15 is 0 Å². The van der Waals surface area contributed by atoms with E-state index in [2.05, 4.69) is 18.7 Å². The molecule has 0 radical (unpaired) electrons. The highest BCUT2D eigenvalue weighted by atomic mass is 32.2. The number of nitrogens with zero attached hydrogens (tertiary/aromatic N) is 2. The second-order valence-corrected chi connectivity index (χ2v) is 8.23. The zero-order valence-electron chi connectivity index (χ0n) is 12.7. The van der Waals surface area contributed by atoms with Crippen LogP contribution in [0.2, 0.25) is 0 Å². The molecular weight excluding hydrogens is 278 g/mol. The van der Waals surface area contributed by atoms with Crippen molar-refractivity contribution < 1.29 is 13.2 Å². The minimum Gasteiger partial charge on any atom is -0.375 e. The van der Waals surface area contributed by atoms with Gasteiger partial charge in [0.25, 0.3) is 0 Å². The van der Waals surface area contributed by atoms with Gasteiger partial charge in [-0.25, -0.2) is 8.42 Å². The van der Waals surface area contributed by atoms with Gasteiger partial charge in [-0.3, -0.25) is 4.90 Å². The van der Waals surface area contributed by atoms with Gasteiger partial charge < -0.3 is 10.5 Å². The van der Waals surface area contributed by atoms with E-state index in [1.807, 2.05) is 0 Å². The van der Waals surface area contributed by atoms with E-state index in [0.717, 1.165) is 25.9 Å². The van der Waals surface area contributed by atoms with Crippen molar-refractivity contribution >= 4 is 10.0 Å². The van der Waals surface area contributed by atoms with Crippen molar-refractivity contribution in [3.8, 4) is 0 Å². The minimum atomic E-state index is -3.08. The minimum absolute atomic E-state index is 0.0410. The van der Waals surface area contributed by atoms with Gasteiger partial charge in [-0.05, 0) is 26.7 Å². The first-order valence-electron chi connectivity index (χ1n) is 7.32. The van der Waals surface area contributed by atoms with Crippen molar-refractivity contribution in [2.45, 2.75) is 44.4 Å². The lowest BCUT2D eigenvalue weighted by Crippen LogP contribution is -2.64. The Morgan fingerprint density at radius 1 is 1.15 bits per heavy atom. The summed E-state index contributed by atoms with van der Waals surface area (Å²) in [5.74, 6) is 0. The first-order valence-corrected chi connectivity index (χ1v) is 9.17. The maximum Gasteiger partial charge on any atom is 0.211 e. The summed E-state index contributed by atoms with van der Waals surface area (Å²) in [7, 11) is -3.08. The summed E-state index contributed by atoms with van der Waals surface area (Å²) < 4.78 is 30.5. The molecule has 2 heterocycles. The van der Waals surface area contributed by atoms with Gasteiger partial charge in [0.2, 0.25) is 10.0 Å². The van der Waals surface area contributed by atoms with Crippen LogP contribution in [0.5, 0.6) is 0 Å².